The third-order valence-corrected chi connectivity index (χ3v) is 2.16. The minimum absolute atomic E-state index is 0.804. The fourth-order valence-corrected chi connectivity index (χ4v) is 1.19. The van der Waals surface area contributed by atoms with Crippen LogP contribution in [0.4, 0.5) is 0 Å². The molecule has 0 aliphatic rings. The standard InChI is InChI=1S/C11H12N2O/c1-9-11(8-12-13(9)2)14-10-6-4-3-5-7-10/h3-8H,1-2H3. The van der Waals surface area contributed by atoms with Crippen molar-refractivity contribution in [3.63, 3.8) is 0 Å². The molecule has 0 saturated carbocycles. The molecular weight excluding hydrogens is 176 g/mol. The number of rotatable bonds is 2. The van der Waals surface area contributed by atoms with Gasteiger partial charge in [-0.1, -0.05) is 18.2 Å². The fourth-order valence-electron chi connectivity index (χ4n) is 1.19. The van der Waals surface area contributed by atoms with Crippen molar-refractivity contribution in [2.75, 3.05) is 0 Å². The molecule has 1 heterocycles. The predicted octanol–water partition coefficient (Wildman–Crippen LogP) is 2.52. The van der Waals surface area contributed by atoms with E-state index in [1.165, 1.54) is 0 Å². The molecule has 72 valence electrons. The van der Waals surface area contributed by atoms with Crippen molar-refractivity contribution in [1.29, 1.82) is 0 Å². The van der Waals surface area contributed by atoms with Gasteiger partial charge < -0.3 is 4.74 Å². The van der Waals surface area contributed by atoms with Gasteiger partial charge in [0.1, 0.15) is 5.75 Å². The van der Waals surface area contributed by atoms with Crippen molar-refractivity contribution in [3.8, 4) is 11.5 Å². The van der Waals surface area contributed by atoms with Crippen LogP contribution in [0.2, 0.25) is 0 Å². The third-order valence-electron chi connectivity index (χ3n) is 2.16. The number of para-hydroxylation sites is 1. The molecule has 0 bridgehead atoms. The molecule has 0 saturated heterocycles. The Morgan fingerprint density at radius 3 is 2.50 bits per heavy atom. The zero-order chi connectivity index (χ0) is 9.97. The highest BCUT2D eigenvalue weighted by Crippen LogP contribution is 2.23. The van der Waals surface area contributed by atoms with Gasteiger partial charge in [0.15, 0.2) is 5.75 Å². The molecule has 0 unspecified atom stereocenters. The molecule has 3 heteroatoms. The van der Waals surface area contributed by atoms with E-state index in [0.29, 0.717) is 0 Å². The molecule has 2 rings (SSSR count). The lowest BCUT2D eigenvalue weighted by atomic mass is 10.3. The van der Waals surface area contributed by atoms with Gasteiger partial charge in [-0.05, 0) is 19.1 Å². The molecule has 0 atom stereocenters. The Morgan fingerprint density at radius 2 is 1.93 bits per heavy atom. The molecule has 0 amide bonds. The summed E-state index contributed by atoms with van der Waals surface area (Å²) in [6.45, 7) is 1.98. The Labute approximate surface area is 82.9 Å². The van der Waals surface area contributed by atoms with E-state index in [2.05, 4.69) is 5.10 Å². The number of benzene rings is 1. The molecule has 0 spiro atoms. The highest BCUT2D eigenvalue weighted by Gasteiger charge is 2.04. The first-order chi connectivity index (χ1) is 6.77. The van der Waals surface area contributed by atoms with Crippen molar-refractivity contribution < 1.29 is 4.74 Å². The van der Waals surface area contributed by atoms with Gasteiger partial charge in [-0.2, -0.15) is 5.10 Å². The van der Waals surface area contributed by atoms with Crippen LogP contribution in [0.15, 0.2) is 36.5 Å². The molecule has 0 N–H and O–H groups in total. The maximum absolute atomic E-state index is 5.65. The largest absolute Gasteiger partial charge is 0.454 e. The molecule has 1 aromatic carbocycles. The van der Waals surface area contributed by atoms with Gasteiger partial charge in [0.2, 0.25) is 0 Å². The SMILES string of the molecule is Cc1c(Oc2ccccc2)cnn1C. The van der Waals surface area contributed by atoms with Crippen molar-refractivity contribution in [2.24, 2.45) is 7.05 Å². The molecule has 1 aromatic heterocycles. The Hall–Kier alpha value is -1.77. The van der Waals surface area contributed by atoms with E-state index in [0.717, 1.165) is 17.2 Å². The van der Waals surface area contributed by atoms with Crippen LogP contribution in [-0.2, 0) is 7.05 Å². The van der Waals surface area contributed by atoms with E-state index < -0.39 is 0 Å². The maximum Gasteiger partial charge on any atom is 0.168 e. The summed E-state index contributed by atoms with van der Waals surface area (Å²) in [5.74, 6) is 1.64. The lowest BCUT2D eigenvalue weighted by Crippen LogP contribution is -1.92. The Balaban J connectivity index is 2.23. The molecule has 14 heavy (non-hydrogen) atoms. The zero-order valence-corrected chi connectivity index (χ0v) is 8.27. The summed E-state index contributed by atoms with van der Waals surface area (Å²) in [6, 6.07) is 9.70. The van der Waals surface area contributed by atoms with E-state index in [1.807, 2.05) is 44.3 Å². The summed E-state index contributed by atoms with van der Waals surface area (Å²) in [6.07, 6.45) is 1.72. The number of hydrogen-bond donors (Lipinski definition) is 0. The Morgan fingerprint density at radius 1 is 1.21 bits per heavy atom. The summed E-state index contributed by atoms with van der Waals surface area (Å²) in [5, 5.41) is 4.10. The van der Waals surface area contributed by atoms with Gasteiger partial charge in [-0.15, -0.1) is 0 Å². The van der Waals surface area contributed by atoms with Crippen LogP contribution in [-0.4, -0.2) is 9.78 Å². The Bertz CT molecular complexity index is 420. The number of hydrogen-bond acceptors (Lipinski definition) is 2. The van der Waals surface area contributed by atoms with Crippen LogP contribution in [0.1, 0.15) is 5.69 Å². The van der Waals surface area contributed by atoms with E-state index in [4.69, 9.17) is 4.74 Å². The van der Waals surface area contributed by atoms with Crippen molar-refractivity contribution in [1.82, 2.24) is 9.78 Å². The number of ether oxygens (including phenoxy) is 1. The molecule has 0 aliphatic carbocycles. The number of nitrogens with zero attached hydrogens (tertiary/aromatic N) is 2. The van der Waals surface area contributed by atoms with Crippen LogP contribution < -0.4 is 4.74 Å². The first-order valence-electron chi connectivity index (χ1n) is 4.49. The topological polar surface area (TPSA) is 27.1 Å². The van der Waals surface area contributed by atoms with Gasteiger partial charge in [0.25, 0.3) is 0 Å². The third kappa shape index (κ3) is 1.62. The summed E-state index contributed by atoms with van der Waals surface area (Å²) >= 11 is 0. The summed E-state index contributed by atoms with van der Waals surface area (Å²) in [7, 11) is 1.90. The molecule has 0 fully saturated rings. The second kappa shape index (κ2) is 3.54. The molecule has 3 nitrogen and oxygen atoms in total. The van der Waals surface area contributed by atoms with E-state index in [1.54, 1.807) is 10.9 Å². The minimum Gasteiger partial charge on any atom is -0.454 e. The monoisotopic (exact) mass is 188 g/mol. The van der Waals surface area contributed by atoms with Gasteiger partial charge >= 0.3 is 0 Å². The second-order valence-corrected chi connectivity index (χ2v) is 3.13. The normalized spacial score (nSPS) is 10.1. The first-order valence-corrected chi connectivity index (χ1v) is 4.49. The fraction of sp³-hybridized carbons (Fsp3) is 0.182. The molecule has 0 radical (unpaired) electrons. The lowest BCUT2D eigenvalue weighted by molar-refractivity contribution is 0.477. The van der Waals surface area contributed by atoms with Gasteiger partial charge in [-0.25, -0.2) is 0 Å². The highest BCUT2D eigenvalue weighted by atomic mass is 16.5. The number of aromatic nitrogens is 2. The van der Waals surface area contributed by atoms with Gasteiger partial charge in [-0.3, -0.25) is 4.68 Å². The summed E-state index contributed by atoms with van der Waals surface area (Å²) in [5.41, 5.74) is 1.02. The quantitative estimate of drug-likeness (QED) is 0.724. The number of aryl methyl sites for hydroxylation is 1. The van der Waals surface area contributed by atoms with Crippen LogP contribution >= 0.6 is 0 Å². The van der Waals surface area contributed by atoms with E-state index in [9.17, 15) is 0 Å². The summed E-state index contributed by atoms with van der Waals surface area (Å²) in [4.78, 5) is 0. The van der Waals surface area contributed by atoms with Crippen LogP contribution in [0, 0.1) is 6.92 Å². The first kappa shape index (κ1) is 8.81. The van der Waals surface area contributed by atoms with Crippen molar-refractivity contribution in [3.05, 3.63) is 42.2 Å². The smallest absolute Gasteiger partial charge is 0.168 e. The van der Waals surface area contributed by atoms with Crippen LogP contribution in [0.25, 0.3) is 0 Å². The highest BCUT2D eigenvalue weighted by molar-refractivity contribution is 5.31. The molecular formula is C11H12N2O. The lowest BCUT2D eigenvalue weighted by Gasteiger charge is -2.03. The van der Waals surface area contributed by atoms with Crippen LogP contribution in [0.5, 0.6) is 11.5 Å². The van der Waals surface area contributed by atoms with E-state index >= 15 is 0 Å². The minimum atomic E-state index is 0.804. The summed E-state index contributed by atoms with van der Waals surface area (Å²) < 4.78 is 7.44. The van der Waals surface area contributed by atoms with Crippen LogP contribution in [0.3, 0.4) is 0 Å². The molecule has 0 aliphatic heterocycles. The van der Waals surface area contributed by atoms with E-state index in [-0.39, 0.29) is 0 Å². The van der Waals surface area contributed by atoms with Crippen molar-refractivity contribution in [2.45, 2.75) is 6.92 Å². The van der Waals surface area contributed by atoms with Crippen molar-refractivity contribution >= 4 is 0 Å². The maximum atomic E-state index is 5.65. The zero-order valence-electron chi connectivity index (χ0n) is 8.27. The van der Waals surface area contributed by atoms with Gasteiger partial charge in [0, 0.05) is 7.05 Å². The van der Waals surface area contributed by atoms with Gasteiger partial charge in [0.05, 0.1) is 11.9 Å². The Kier molecular flexibility index (Phi) is 2.23. The average molecular weight is 188 g/mol. The second-order valence-electron chi connectivity index (χ2n) is 3.13. The average Bonchev–Trinajstić information content (AvgIpc) is 2.52. The predicted molar refractivity (Wildman–Crippen MR) is 54.5 cm³/mol. The molecule has 2 aromatic rings.